The lowest BCUT2D eigenvalue weighted by Crippen LogP contribution is -2.34. The predicted octanol–water partition coefficient (Wildman–Crippen LogP) is 3.10. The molecule has 0 unspecified atom stereocenters. The first-order valence-corrected chi connectivity index (χ1v) is 8.44. The van der Waals surface area contributed by atoms with Crippen LogP contribution in [-0.2, 0) is 17.9 Å². The van der Waals surface area contributed by atoms with Crippen molar-refractivity contribution in [2.45, 2.75) is 20.0 Å². The number of carbonyl (C=O) groups is 1. The van der Waals surface area contributed by atoms with Crippen molar-refractivity contribution < 1.29 is 4.79 Å². The maximum absolute atomic E-state index is 12.7. The lowest BCUT2D eigenvalue weighted by molar-refractivity contribution is -0.132. The smallest absolute Gasteiger partial charge is 0.244 e. The highest BCUT2D eigenvalue weighted by molar-refractivity contribution is 6.31. The largest absolute Gasteiger partial charge is 0.337 e. The van der Waals surface area contributed by atoms with Gasteiger partial charge < -0.3 is 4.90 Å². The molecule has 0 bridgehead atoms. The maximum Gasteiger partial charge on any atom is 0.244 e. The van der Waals surface area contributed by atoms with E-state index in [1.165, 1.54) is 6.20 Å². The van der Waals surface area contributed by atoms with Crippen molar-refractivity contribution in [3.63, 3.8) is 0 Å². The zero-order valence-corrected chi connectivity index (χ0v) is 14.6. The number of nitrogens with zero attached hydrogens (tertiary/aromatic N) is 3. The zero-order chi connectivity index (χ0) is 17.8. The minimum absolute atomic E-state index is 0.0685. The third-order valence-electron chi connectivity index (χ3n) is 4.10. The predicted molar refractivity (Wildman–Crippen MR) is 98.5 cm³/mol. The molecule has 1 amide bonds. The summed E-state index contributed by atoms with van der Waals surface area (Å²) in [5.41, 5.74) is 1.40. The van der Waals surface area contributed by atoms with Crippen molar-refractivity contribution in [3.8, 4) is 0 Å². The molecule has 3 aromatic rings. The Hall–Kier alpha value is -2.66. The Labute approximate surface area is 150 Å². The van der Waals surface area contributed by atoms with Crippen LogP contribution in [0.5, 0.6) is 0 Å². The molecule has 25 heavy (non-hydrogen) atoms. The normalized spacial score (nSPS) is 10.8. The van der Waals surface area contributed by atoms with Gasteiger partial charge in [-0.05, 0) is 30.7 Å². The van der Waals surface area contributed by atoms with Crippen molar-refractivity contribution in [2.75, 3.05) is 6.54 Å². The quantitative estimate of drug-likeness (QED) is 0.706. The van der Waals surface area contributed by atoms with Crippen LogP contribution in [0, 0.1) is 0 Å². The Bertz CT molecular complexity index is 968. The second kappa shape index (κ2) is 7.49. The van der Waals surface area contributed by atoms with Gasteiger partial charge in [0, 0.05) is 23.5 Å². The Morgan fingerprint density at radius 3 is 2.64 bits per heavy atom. The highest BCUT2D eigenvalue weighted by atomic mass is 35.5. The average molecular weight is 356 g/mol. The van der Waals surface area contributed by atoms with Crippen LogP contribution in [0.25, 0.3) is 10.9 Å². The number of likely N-dealkylation sites (N-methyl/N-ethyl adjacent to an activating group) is 1. The van der Waals surface area contributed by atoms with E-state index in [1.807, 2.05) is 37.3 Å². The maximum atomic E-state index is 12.7. The molecule has 2 aromatic carbocycles. The Kier molecular flexibility index (Phi) is 5.14. The Morgan fingerprint density at radius 1 is 1.16 bits per heavy atom. The van der Waals surface area contributed by atoms with E-state index in [0.29, 0.717) is 29.0 Å². The van der Waals surface area contributed by atoms with Crippen LogP contribution in [0.4, 0.5) is 0 Å². The van der Waals surface area contributed by atoms with Crippen LogP contribution in [0.3, 0.4) is 0 Å². The lowest BCUT2D eigenvalue weighted by atomic mass is 10.2. The van der Waals surface area contributed by atoms with E-state index in [9.17, 15) is 9.59 Å². The second-order valence-corrected chi connectivity index (χ2v) is 6.09. The van der Waals surface area contributed by atoms with Gasteiger partial charge in [0.2, 0.25) is 11.3 Å². The van der Waals surface area contributed by atoms with Crippen molar-refractivity contribution in [3.05, 3.63) is 75.5 Å². The van der Waals surface area contributed by atoms with E-state index in [0.717, 1.165) is 5.56 Å². The van der Waals surface area contributed by atoms with Crippen molar-refractivity contribution in [1.82, 2.24) is 14.7 Å². The van der Waals surface area contributed by atoms with Crippen LogP contribution in [0.2, 0.25) is 5.02 Å². The van der Waals surface area contributed by atoms with E-state index < -0.39 is 0 Å². The average Bonchev–Trinajstić information content (AvgIpc) is 2.63. The number of para-hydroxylation sites is 1. The summed E-state index contributed by atoms with van der Waals surface area (Å²) in [5.74, 6) is -0.0799. The summed E-state index contributed by atoms with van der Waals surface area (Å²) in [6, 6.07) is 14.6. The molecule has 0 saturated heterocycles. The molecule has 0 atom stereocenters. The number of rotatable bonds is 5. The van der Waals surface area contributed by atoms with Gasteiger partial charge in [-0.3, -0.25) is 14.3 Å². The van der Waals surface area contributed by atoms with Crippen LogP contribution in [-0.4, -0.2) is 27.1 Å². The van der Waals surface area contributed by atoms with Crippen LogP contribution in [0.1, 0.15) is 12.5 Å². The van der Waals surface area contributed by atoms with Gasteiger partial charge in [0.1, 0.15) is 6.54 Å². The molecule has 0 fully saturated rings. The van der Waals surface area contributed by atoms with E-state index in [4.69, 9.17) is 11.6 Å². The summed E-state index contributed by atoms with van der Waals surface area (Å²) in [5, 5.41) is 5.31. The van der Waals surface area contributed by atoms with Gasteiger partial charge in [0.25, 0.3) is 0 Å². The summed E-state index contributed by atoms with van der Waals surface area (Å²) in [6.07, 6.45) is 1.25. The first-order chi connectivity index (χ1) is 12.1. The summed E-state index contributed by atoms with van der Waals surface area (Å²) in [4.78, 5) is 26.3. The SMILES string of the molecule is CCN(Cc1ccccc1Cl)C(=O)Cn1ncc(=O)c2ccccc21. The van der Waals surface area contributed by atoms with Gasteiger partial charge in [0.05, 0.1) is 11.7 Å². The van der Waals surface area contributed by atoms with Crippen LogP contribution in [0.15, 0.2) is 59.5 Å². The van der Waals surface area contributed by atoms with Crippen molar-refractivity contribution in [2.24, 2.45) is 0 Å². The highest BCUT2D eigenvalue weighted by Crippen LogP contribution is 2.17. The van der Waals surface area contributed by atoms with Crippen LogP contribution < -0.4 is 5.43 Å². The summed E-state index contributed by atoms with van der Waals surface area (Å²) in [7, 11) is 0. The minimum atomic E-state index is -0.150. The van der Waals surface area contributed by atoms with Crippen LogP contribution >= 0.6 is 11.6 Å². The second-order valence-electron chi connectivity index (χ2n) is 5.68. The first-order valence-electron chi connectivity index (χ1n) is 8.06. The van der Waals surface area contributed by atoms with E-state index in [2.05, 4.69) is 5.10 Å². The molecule has 3 rings (SSSR count). The Morgan fingerprint density at radius 2 is 1.88 bits per heavy atom. The molecular formula is C19H18ClN3O2. The highest BCUT2D eigenvalue weighted by Gasteiger charge is 2.15. The standard InChI is InChI=1S/C19H18ClN3O2/c1-2-22(12-14-7-3-5-9-16(14)20)19(25)13-23-17-10-6-4-8-15(17)18(24)11-21-23/h3-11H,2,12-13H2,1H3. The van der Waals surface area contributed by atoms with Crippen molar-refractivity contribution in [1.29, 1.82) is 0 Å². The molecule has 6 heteroatoms. The molecular weight excluding hydrogens is 338 g/mol. The van der Waals surface area contributed by atoms with Gasteiger partial charge >= 0.3 is 0 Å². The number of carbonyl (C=O) groups excluding carboxylic acids is 1. The Balaban J connectivity index is 1.85. The third-order valence-corrected chi connectivity index (χ3v) is 4.47. The van der Waals surface area contributed by atoms with Gasteiger partial charge in [-0.1, -0.05) is 41.9 Å². The molecule has 128 valence electrons. The molecule has 0 spiro atoms. The van der Waals surface area contributed by atoms with E-state index in [-0.39, 0.29) is 17.9 Å². The lowest BCUT2D eigenvalue weighted by Gasteiger charge is -2.22. The molecule has 1 aromatic heterocycles. The number of benzene rings is 2. The van der Waals surface area contributed by atoms with Gasteiger partial charge in [-0.15, -0.1) is 0 Å². The van der Waals surface area contributed by atoms with Gasteiger partial charge in [-0.2, -0.15) is 5.10 Å². The topological polar surface area (TPSA) is 55.2 Å². The number of aromatic nitrogens is 2. The van der Waals surface area contributed by atoms with E-state index >= 15 is 0 Å². The molecule has 0 saturated carbocycles. The van der Waals surface area contributed by atoms with Gasteiger partial charge in [0.15, 0.2) is 0 Å². The molecule has 0 N–H and O–H groups in total. The molecule has 5 nitrogen and oxygen atoms in total. The number of hydrogen-bond acceptors (Lipinski definition) is 3. The summed E-state index contributed by atoms with van der Waals surface area (Å²) < 4.78 is 1.56. The fourth-order valence-electron chi connectivity index (χ4n) is 2.72. The number of fused-ring (bicyclic) bond motifs is 1. The zero-order valence-electron chi connectivity index (χ0n) is 13.9. The number of amides is 1. The monoisotopic (exact) mass is 355 g/mol. The van der Waals surface area contributed by atoms with Gasteiger partial charge in [-0.25, -0.2) is 0 Å². The molecule has 0 aliphatic carbocycles. The molecule has 0 aliphatic heterocycles. The fourth-order valence-corrected chi connectivity index (χ4v) is 2.92. The number of halogens is 1. The third kappa shape index (κ3) is 3.72. The van der Waals surface area contributed by atoms with Crippen molar-refractivity contribution >= 4 is 28.4 Å². The fraction of sp³-hybridized carbons (Fsp3) is 0.211. The summed E-state index contributed by atoms with van der Waals surface area (Å²) in [6.45, 7) is 2.99. The molecule has 0 radical (unpaired) electrons. The first kappa shape index (κ1) is 17.2. The molecule has 1 heterocycles. The molecule has 0 aliphatic rings. The number of hydrogen-bond donors (Lipinski definition) is 0. The minimum Gasteiger partial charge on any atom is -0.337 e. The van der Waals surface area contributed by atoms with E-state index in [1.54, 1.807) is 27.8 Å². The summed E-state index contributed by atoms with van der Waals surface area (Å²) >= 11 is 6.20.